The molecule has 2 aromatic carbocycles. The fourth-order valence-electron chi connectivity index (χ4n) is 2.00. The van der Waals surface area contributed by atoms with Crippen LogP contribution in [0.5, 0.6) is 0 Å². The van der Waals surface area contributed by atoms with Gasteiger partial charge >= 0.3 is 0 Å². The van der Waals surface area contributed by atoms with Gasteiger partial charge in [-0.15, -0.1) is 5.10 Å². The van der Waals surface area contributed by atoms with Crippen LogP contribution in [0.15, 0.2) is 60.8 Å². The molecule has 1 heterocycles. The largest absolute Gasteiger partial charge is 0.326 e. The summed E-state index contributed by atoms with van der Waals surface area (Å²) in [6.45, 7) is 0. The SMILES string of the molecule is O=C(Cc1ccccc1)Nc1ccc(-c2cnns2)cc1. The van der Waals surface area contributed by atoms with Gasteiger partial charge in [0.2, 0.25) is 5.91 Å². The van der Waals surface area contributed by atoms with Gasteiger partial charge in [0.1, 0.15) is 0 Å². The summed E-state index contributed by atoms with van der Waals surface area (Å²) in [6, 6.07) is 17.4. The van der Waals surface area contributed by atoms with Gasteiger partial charge in [-0.25, -0.2) is 0 Å². The molecule has 0 saturated carbocycles. The van der Waals surface area contributed by atoms with Crippen molar-refractivity contribution in [1.82, 2.24) is 9.59 Å². The van der Waals surface area contributed by atoms with Crippen LogP contribution < -0.4 is 5.32 Å². The lowest BCUT2D eigenvalue weighted by atomic mass is 10.1. The monoisotopic (exact) mass is 295 g/mol. The molecule has 0 radical (unpaired) electrons. The summed E-state index contributed by atoms with van der Waals surface area (Å²) in [6.07, 6.45) is 2.11. The lowest BCUT2D eigenvalue weighted by Gasteiger charge is -2.06. The van der Waals surface area contributed by atoms with Crippen molar-refractivity contribution in [2.45, 2.75) is 6.42 Å². The van der Waals surface area contributed by atoms with Crippen LogP contribution in [0.4, 0.5) is 5.69 Å². The topological polar surface area (TPSA) is 54.9 Å². The first-order valence-corrected chi connectivity index (χ1v) is 7.30. The molecule has 21 heavy (non-hydrogen) atoms. The molecule has 0 unspecified atom stereocenters. The van der Waals surface area contributed by atoms with E-state index in [1.54, 1.807) is 6.20 Å². The number of rotatable bonds is 4. The van der Waals surface area contributed by atoms with Crippen molar-refractivity contribution in [2.75, 3.05) is 5.32 Å². The zero-order valence-corrected chi connectivity index (χ0v) is 12.0. The van der Waals surface area contributed by atoms with Gasteiger partial charge in [-0.2, -0.15) is 0 Å². The number of carbonyl (C=O) groups is 1. The summed E-state index contributed by atoms with van der Waals surface area (Å²) < 4.78 is 3.84. The van der Waals surface area contributed by atoms with Crippen LogP contribution >= 0.6 is 11.5 Å². The van der Waals surface area contributed by atoms with E-state index in [4.69, 9.17) is 0 Å². The molecule has 3 rings (SSSR count). The van der Waals surface area contributed by atoms with Crippen LogP contribution in [-0.4, -0.2) is 15.5 Å². The Balaban J connectivity index is 1.64. The number of nitrogens with zero attached hydrogens (tertiary/aromatic N) is 2. The van der Waals surface area contributed by atoms with Crippen LogP contribution in [0.2, 0.25) is 0 Å². The molecule has 0 fully saturated rings. The van der Waals surface area contributed by atoms with E-state index in [2.05, 4.69) is 14.9 Å². The molecular weight excluding hydrogens is 282 g/mol. The van der Waals surface area contributed by atoms with E-state index in [-0.39, 0.29) is 5.91 Å². The van der Waals surface area contributed by atoms with Gasteiger partial charge in [0.05, 0.1) is 17.5 Å². The third-order valence-corrected chi connectivity index (χ3v) is 3.74. The van der Waals surface area contributed by atoms with Gasteiger partial charge < -0.3 is 5.32 Å². The number of benzene rings is 2. The minimum atomic E-state index is -0.0200. The summed E-state index contributed by atoms with van der Waals surface area (Å²) in [4.78, 5) is 13.0. The van der Waals surface area contributed by atoms with Crippen molar-refractivity contribution in [1.29, 1.82) is 0 Å². The number of anilines is 1. The Morgan fingerprint density at radius 3 is 2.48 bits per heavy atom. The predicted octanol–water partition coefficient (Wildman–Crippen LogP) is 3.39. The Bertz CT molecular complexity index is 709. The zero-order valence-electron chi connectivity index (χ0n) is 11.2. The first-order chi connectivity index (χ1) is 10.3. The van der Waals surface area contributed by atoms with E-state index in [0.29, 0.717) is 6.42 Å². The van der Waals surface area contributed by atoms with Gasteiger partial charge in [0, 0.05) is 5.69 Å². The minimum absolute atomic E-state index is 0.0200. The zero-order chi connectivity index (χ0) is 14.5. The average molecular weight is 295 g/mol. The number of hydrogen-bond acceptors (Lipinski definition) is 4. The van der Waals surface area contributed by atoms with E-state index in [0.717, 1.165) is 21.7 Å². The maximum Gasteiger partial charge on any atom is 0.228 e. The number of hydrogen-bond donors (Lipinski definition) is 1. The molecule has 0 atom stereocenters. The molecule has 4 nitrogen and oxygen atoms in total. The standard InChI is InChI=1S/C16H13N3OS/c20-16(10-12-4-2-1-3-5-12)18-14-8-6-13(7-9-14)15-11-17-19-21-15/h1-9,11H,10H2,(H,18,20). The van der Waals surface area contributed by atoms with Gasteiger partial charge in [-0.3, -0.25) is 4.79 Å². The molecule has 0 spiro atoms. The van der Waals surface area contributed by atoms with Crippen LogP contribution in [0.3, 0.4) is 0 Å². The molecule has 3 aromatic rings. The first kappa shape index (κ1) is 13.5. The Hall–Kier alpha value is -2.53. The predicted molar refractivity (Wildman–Crippen MR) is 84.1 cm³/mol. The second-order valence-electron chi connectivity index (χ2n) is 4.57. The van der Waals surface area contributed by atoms with E-state index in [1.165, 1.54) is 11.5 Å². The highest BCUT2D eigenvalue weighted by atomic mass is 32.1. The van der Waals surface area contributed by atoms with Crippen LogP contribution in [0.1, 0.15) is 5.56 Å². The Labute approximate surface area is 126 Å². The van der Waals surface area contributed by atoms with Crippen molar-refractivity contribution in [2.24, 2.45) is 0 Å². The normalized spacial score (nSPS) is 10.3. The molecule has 0 aliphatic rings. The number of amides is 1. The third kappa shape index (κ3) is 3.52. The smallest absolute Gasteiger partial charge is 0.228 e. The van der Waals surface area contributed by atoms with Gasteiger partial charge in [0.15, 0.2) is 0 Å². The maximum atomic E-state index is 12.0. The van der Waals surface area contributed by atoms with E-state index in [9.17, 15) is 4.79 Å². The summed E-state index contributed by atoms with van der Waals surface area (Å²) >= 11 is 1.35. The minimum Gasteiger partial charge on any atom is -0.326 e. The fourth-order valence-corrected chi connectivity index (χ4v) is 2.52. The highest BCUT2D eigenvalue weighted by molar-refractivity contribution is 7.09. The Morgan fingerprint density at radius 1 is 1.05 bits per heavy atom. The highest BCUT2D eigenvalue weighted by Gasteiger charge is 2.05. The molecule has 0 aliphatic carbocycles. The molecule has 1 amide bonds. The summed E-state index contributed by atoms with van der Waals surface area (Å²) in [5.74, 6) is -0.0200. The molecule has 0 aliphatic heterocycles. The summed E-state index contributed by atoms with van der Waals surface area (Å²) in [5.41, 5.74) is 2.84. The third-order valence-electron chi connectivity index (χ3n) is 3.02. The molecule has 0 bridgehead atoms. The van der Waals surface area contributed by atoms with Gasteiger partial charge in [-0.05, 0) is 34.8 Å². The van der Waals surface area contributed by atoms with Gasteiger partial charge in [0.25, 0.3) is 0 Å². The second kappa shape index (κ2) is 6.28. The van der Waals surface area contributed by atoms with Crippen molar-refractivity contribution >= 4 is 23.1 Å². The first-order valence-electron chi connectivity index (χ1n) is 6.53. The van der Waals surface area contributed by atoms with Crippen LogP contribution in [0, 0.1) is 0 Å². The second-order valence-corrected chi connectivity index (χ2v) is 5.36. The van der Waals surface area contributed by atoms with E-state index in [1.807, 2.05) is 54.6 Å². The molecule has 0 saturated heterocycles. The van der Waals surface area contributed by atoms with Crippen molar-refractivity contribution in [3.8, 4) is 10.4 Å². The number of carbonyl (C=O) groups excluding carboxylic acids is 1. The molecule has 5 heteroatoms. The molecular formula is C16H13N3OS. The van der Waals surface area contributed by atoms with Gasteiger partial charge in [-0.1, -0.05) is 47.0 Å². The maximum absolute atomic E-state index is 12.0. The highest BCUT2D eigenvalue weighted by Crippen LogP contribution is 2.23. The van der Waals surface area contributed by atoms with Crippen LogP contribution in [0.25, 0.3) is 10.4 Å². The number of nitrogens with one attached hydrogen (secondary N) is 1. The summed E-state index contributed by atoms with van der Waals surface area (Å²) in [7, 11) is 0. The van der Waals surface area contributed by atoms with Crippen molar-refractivity contribution in [3.63, 3.8) is 0 Å². The quantitative estimate of drug-likeness (QED) is 0.802. The Kier molecular flexibility index (Phi) is 4.02. The lowest BCUT2D eigenvalue weighted by Crippen LogP contribution is -2.14. The van der Waals surface area contributed by atoms with Crippen molar-refractivity contribution in [3.05, 3.63) is 66.4 Å². The number of aromatic nitrogens is 2. The average Bonchev–Trinajstić information content (AvgIpc) is 3.03. The van der Waals surface area contributed by atoms with E-state index < -0.39 is 0 Å². The summed E-state index contributed by atoms with van der Waals surface area (Å²) in [5, 5.41) is 6.71. The fraction of sp³-hybridized carbons (Fsp3) is 0.0625. The Morgan fingerprint density at radius 2 is 1.81 bits per heavy atom. The lowest BCUT2D eigenvalue weighted by molar-refractivity contribution is -0.115. The molecule has 1 N–H and O–H groups in total. The molecule has 104 valence electrons. The molecule has 1 aromatic heterocycles. The van der Waals surface area contributed by atoms with Crippen molar-refractivity contribution < 1.29 is 4.79 Å². The van der Waals surface area contributed by atoms with Crippen LogP contribution in [-0.2, 0) is 11.2 Å². The van der Waals surface area contributed by atoms with E-state index >= 15 is 0 Å².